The molecule has 1 aromatic carbocycles. The number of aromatic nitrogens is 2. The second kappa shape index (κ2) is 7.68. The number of para-hydroxylation sites is 1. The maximum absolute atomic E-state index is 12.8. The van der Waals surface area contributed by atoms with Gasteiger partial charge < -0.3 is 5.32 Å². The molecule has 6 heteroatoms. The molecule has 1 aliphatic carbocycles. The molecule has 0 saturated heterocycles. The van der Waals surface area contributed by atoms with Crippen molar-refractivity contribution in [1.82, 2.24) is 14.5 Å². The lowest BCUT2D eigenvalue weighted by molar-refractivity contribution is -0.122. The van der Waals surface area contributed by atoms with E-state index in [0.29, 0.717) is 17.4 Å². The fraction of sp³-hybridized carbons (Fsp3) is 0.526. The number of hydrogen-bond donors (Lipinski definition) is 1. The average Bonchev–Trinajstić information content (AvgIpc) is 3.11. The highest BCUT2D eigenvalue weighted by atomic mass is 16.2. The van der Waals surface area contributed by atoms with Gasteiger partial charge >= 0.3 is 5.69 Å². The first kappa shape index (κ1) is 17.5. The number of rotatable bonds is 6. The summed E-state index contributed by atoms with van der Waals surface area (Å²) >= 11 is 0. The van der Waals surface area contributed by atoms with E-state index in [1.807, 2.05) is 6.92 Å². The molecule has 0 radical (unpaired) electrons. The topological polar surface area (TPSA) is 73.1 Å². The molecule has 0 atom stereocenters. The largest absolute Gasteiger partial charge is 0.352 e. The summed E-state index contributed by atoms with van der Waals surface area (Å²) in [4.78, 5) is 37.9. The molecule has 134 valence electrons. The highest BCUT2D eigenvalue weighted by molar-refractivity contribution is 5.81. The molecule has 1 amide bonds. The molecule has 0 spiro atoms. The molecular formula is C19H25N3O3. The van der Waals surface area contributed by atoms with Gasteiger partial charge in [-0.05, 0) is 31.4 Å². The lowest BCUT2D eigenvalue weighted by atomic mass is 10.2. The molecule has 3 rings (SSSR count). The minimum Gasteiger partial charge on any atom is -0.352 e. The van der Waals surface area contributed by atoms with Crippen molar-refractivity contribution >= 4 is 16.8 Å². The van der Waals surface area contributed by atoms with Crippen molar-refractivity contribution in [2.24, 2.45) is 0 Å². The second-order valence-corrected chi connectivity index (χ2v) is 6.75. The number of nitrogens with one attached hydrogen (secondary N) is 1. The normalized spacial score (nSPS) is 14.9. The van der Waals surface area contributed by atoms with E-state index in [-0.39, 0.29) is 24.1 Å². The molecule has 1 heterocycles. The summed E-state index contributed by atoms with van der Waals surface area (Å²) in [5.74, 6) is -0.167. The van der Waals surface area contributed by atoms with Crippen LogP contribution < -0.4 is 16.6 Å². The van der Waals surface area contributed by atoms with E-state index in [1.54, 1.807) is 24.3 Å². The van der Waals surface area contributed by atoms with Crippen LogP contribution in [0.1, 0.15) is 45.4 Å². The van der Waals surface area contributed by atoms with Gasteiger partial charge in [0.05, 0.1) is 10.9 Å². The van der Waals surface area contributed by atoms with Crippen molar-refractivity contribution in [2.45, 2.75) is 64.6 Å². The molecule has 1 fully saturated rings. The predicted molar refractivity (Wildman–Crippen MR) is 97.8 cm³/mol. The Kier molecular flexibility index (Phi) is 5.36. The molecule has 1 aromatic heterocycles. The second-order valence-electron chi connectivity index (χ2n) is 6.75. The Morgan fingerprint density at radius 3 is 2.60 bits per heavy atom. The van der Waals surface area contributed by atoms with E-state index in [9.17, 15) is 14.4 Å². The molecular weight excluding hydrogens is 318 g/mol. The Balaban J connectivity index is 1.98. The summed E-state index contributed by atoms with van der Waals surface area (Å²) in [6, 6.07) is 7.21. The van der Waals surface area contributed by atoms with Crippen LogP contribution in [0.15, 0.2) is 33.9 Å². The van der Waals surface area contributed by atoms with Crippen LogP contribution in [0.5, 0.6) is 0 Å². The van der Waals surface area contributed by atoms with Gasteiger partial charge in [0.1, 0.15) is 6.54 Å². The smallest absolute Gasteiger partial charge is 0.331 e. The van der Waals surface area contributed by atoms with Gasteiger partial charge in [0.2, 0.25) is 5.91 Å². The van der Waals surface area contributed by atoms with Crippen LogP contribution >= 0.6 is 0 Å². The van der Waals surface area contributed by atoms with Crippen LogP contribution in [0.4, 0.5) is 0 Å². The van der Waals surface area contributed by atoms with Crippen molar-refractivity contribution in [2.75, 3.05) is 0 Å². The first-order valence-electron chi connectivity index (χ1n) is 9.13. The van der Waals surface area contributed by atoms with Crippen molar-refractivity contribution in [3.05, 3.63) is 45.1 Å². The molecule has 25 heavy (non-hydrogen) atoms. The maximum Gasteiger partial charge on any atom is 0.331 e. The zero-order valence-electron chi connectivity index (χ0n) is 14.7. The lowest BCUT2D eigenvalue weighted by Gasteiger charge is -2.16. The zero-order chi connectivity index (χ0) is 17.8. The van der Waals surface area contributed by atoms with Gasteiger partial charge in [-0.25, -0.2) is 4.79 Å². The molecule has 0 bridgehead atoms. The number of fused-ring (bicyclic) bond motifs is 1. The molecule has 2 aromatic rings. The van der Waals surface area contributed by atoms with Crippen LogP contribution in [-0.4, -0.2) is 21.1 Å². The minimum atomic E-state index is -0.404. The van der Waals surface area contributed by atoms with E-state index in [1.165, 1.54) is 9.13 Å². The van der Waals surface area contributed by atoms with E-state index in [0.717, 1.165) is 38.5 Å². The van der Waals surface area contributed by atoms with Gasteiger partial charge in [0.15, 0.2) is 0 Å². The first-order chi connectivity index (χ1) is 12.1. The van der Waals surface area contributed by atoms with Gasteiger partial charge in [0, 0.05) is 12.6 Å². The molecule has 0 unspecified atom stereocenters. The highest BCUT2D eigenvalue weighted by Gasteiger charge is 2.19. The number of carbonyl (C=O) groups is 1. The van der Waals surface area contributed by atoms with Crippen LogP contribution in [0.3, 0.4) is 0 Å². The maximum atomic E-state index is 12.8. The Labute approximate surface area is 146 Å². The van der Waals surface area contributed by atoms with E-state index < -0.39 is 5.69 Å². The fourth-order valence-corrected chi connectivity index (χ4v) is 3.52. The van der Waals surface area contributed by atoms with Gasteiger partial charge in [-0.3, -0.25) is 18.7 Å². The lowest BCUT2D eigenvalue weighted by Crippen LogP contribution is -2.43. The summed E-state index contributed by atoms with van der Waals surface area (Å²) in [5, 5.41) is 3.49. The van der Waals surface area contributed by atoms with E-state index in [2.05, 4.69) is 5.32 Å². The zero-order valence-corrected chi connectivity index (χ0v) is 14.7. The number of unbranched alkanes of at least 4 members (excludes halogenated alkanes) is 1. The summed E-state index contributed by atoms with van der Waals surface area (Å²) in [6.45, 7) is 2.34. The van der Waals surface area contributed by atoms with Crippen LogP contribution in [-0.2, 0) is 17.9 Å². The highest BCUT2D eigenvalue weighted by Crippen LogP contribution is 2.17. The van der Waals surface area contributed by atoms with Gasteiger partial charge in [-0.1, -0.05) is 38.3 Å². The number of nitrogens with zero attached hydrogens (tertiary/aromatic N) is 2. The monoisotopic (exact) mass is 343 g/mol. The predicted octanol–water partition coefficient (Wildman–Crippen LogP) is 2.02. The Morgan fingerprint density at radius 1 is 1.16 bits per heavy atom. The minimum absolute atomic E-state index is 0.0533. The first-order valence-corrected chi connectivity index (χ1v) is 9.13. The Bertz CT molecular complexity index is 876. The Hall–Kier alpha value is -2.37. The van der Waals surface area contributed by atoms with Crippen molar-refractivity contribution in [1.29, 1.82) is 0 Å². The molecule has 1 aliphatic rings. The standard InChI is InChI=1S/C19H25N3O3/c1-2-3-12-21-18(24)15-10-6-7-11-16(15)22(19(21)25)13-17(23)20-14-8-4-5-9-14/h6-7,10-11,14H,2-5,8-9,12-13H2,1H3,(H,20,23). The summed E-state index contributed by atoms with van der Waals surface area (Å²) in [5.41, 5.74) is -0.160. The number of carbonyl (C=O) groups excluding carboxylic acids is 1. The van der Waals surface area contributed by atoms with E-state index >= 15 is 0 Å². The van der Waals surface area contributed by atoms with Crippen molar-refractivity contribution < 1.29 is 4.79 Å². The molecule has 0 aliphatic heterocycles. The van der Waals surface area contributed by atoms with Crippen LogP contribution in [0.25, 0.3) is 10.9 Å². The SMILES string of the molecule is CCCCn1c(=O)c2ccccc2n(CC(=O)NC2CCCC2)c1=O. The molecule has 1 N–H and O–H groups in total. The van der Waals surface area contributed by atoms with Crippen LogP contribution in [0.2, 0.25) is 0 Å². The number of amides is 1. The number of hydrogen-bond acceptors (Lipinski definition) is 3. The quantitative estimate of drug-likeness (QED) is 0.872. The van der Waals surface area contributed by atoms with Crippen molar-refractivity contribution in [3.8, 4) is 0 Å². The third kappa shape index (κ3) is 3.67. The third-order valence-electron chi connectivity index (χ3n) is 4.89. The van der Waals surface area contributed by atoms with Gasteiger partial charge in [0.25, 0.3) is 5.56 Å². The third-order valence-corrected chi connectivity index (χ3v) is 4.89. The number of benzene rings is 1. The van der Waals surface area contributed by atoms with Gasteiger partial charge in [-0.15, -0.1) is 0 Å². The average molecular weight is 343 g/mol. The van der Waals surface area contributed by atoms with Gasteiger partial charge in [-0.2, -0.15) is 0 Å². The summed E-state index contributed by atoms with van der Waals surface area (Å²) in [7, 11) is 0. The summed E-state index contributed by atoms with van der Waals surface area (Å²) in [6.07, 6.45) is 5.91. The fourth-order valence-electron chi connectivity index (χ4n) is 3.52. The summed E-state index contributed by atoms with van der Waals surface area (Å²) < 4.78 is 2.69. The molecule has 1 saturated carbocycles. The van der Waals surface area contributed by atoms with Crippen molar-refractivity contribution in [3.63, 3.8) is 0 Å². The molecule has 6 nitrogen and oxygen atoms in total. The Morgan fingerprint density at radius 2 is 1.88 bits per heavy atom. The van der Waals surface area contributed by atoms with E-state index in [4.69, 9.17) is 0 Å². The van der Waals surface area contributed by atoms with Crippen LogP contribution in [0, 0.1) is 0 Å².